The fraction of sp³-hybridized carbons (Fsp3) is 0.875. The van der Waals surface area contributed by atoms with E-state index >= 15 is 0 Å². The van der Waals surface area contributed by atoms with E-state index < -0.39 is 0 Å². The molecule has 1 saturated carbocycles. The van der Waals surface area contributed by atoms with Gasteiger partial charge in [0, 0.05) is 52.1 Å². The zero-order valence-corrected chi connectivity index (χ0v) is 13.5. The van der Waals surface area contributed by atoms with Crippen LogP contribution < -0.4 is 0 Å². The first-order chi connectivity index (χ1) is 10.1. The minimum absolute atomic E-state index is 0.119. The average molecular weight is 295 g/mol. The van der Waals surface area contributed by atoms with Crippen molar-refractivity contribution >= 4 is 11.8 Å². The molecule has 2 aliphatic rings. The van der Waals surface area contributed by atoms with Crippen molar-refractivity contribution in [3.05, 3.63) is 0 Å². The summed E-state index contributed by atoms with van der Waals surface area (Å²) in [6, 6.07) is 0.358. The molecule has 2 amide bonds. The van der Waals surface area contributed by atoms with Gasteiger partial charge in [-0.05, 0) is 19.9 Å². The number of rotatable bonds is 4. The number of likely N-dealkylation sites (N-methyl/N-ethyl adjacent to an activating group) is 1. The number of nitrogens with zero attached hydrogens (tertiary/aromatic N) is 3. The molecule has 1 saturated heterocycles. The summed E-state index contributed by atoms with van der Waals surface area (Å²) in [6.45, 7) is 5.76. The van der Waals surface area contributed by atoms with Crippen molar-refractivity contribution in [2.45, 2.75) is 51.5 Å². The maximum absolute atomic E-state index is 12.3. The van der Waals surface area contributed by atoms with Crippen molar-refractivity contribution < 1.29 is 9.59 Å². The molecule has 0 unspecified atom stereocenters. The highest BCUT2D eigenvalue weighted by Crippen LogP contribution is 2.23. The second kappa shape index (κ2) is 7.78. The van der Waals surface area contributed by atoms with Crippen LogP contribution >= 0.6 is 0 Å². The lowest BCUT2D eigenvalue weighted by molar-refractivity contribution is -0.136. The number of carbonyl (C=O) groups is 2. The summed E-state index contributed by atoms with van der Waals surface area (Å²) in [5.41, 5.74) is 0. The molecular formula is C16H29N3O2. The zero-order valence-electron chi connectivity index (χ0n) is 13.5. The number of carbonyl (C=O) groups excluding carboxylic acids is 2. The van der Waals surface area contributed by atoms with Crippen molar-refractivity contribution in [2.24, 2.45) is 0 Å². The summed E-state index contributed by atoms with van der Waals surface area (Å²) >= 11 is 0. The van der Waals surface area contributed by atoms with Crippen LogP contribution in [-0.2, 0) is 9.59 Å². The molecule has 0 aromatic heterocycles. The minimum Gasteiger partial charge on any atom is -0.340 e. The molecule has 0 N–H and O–H groups in total. The molecule has 0 bridgehead atoms. The Hall–Kier alpha value is -1.10. The van der Waals surface area contributed by atoms with Gasteiger partial charge >= 0.3 is 0 Å². The lowest BCUT2D eigenvalue weighted by Crippen LogP contribution is -2.48. The molecule has 1 aliphatic heterocycles. The molecule has 5 heteroatoms. The highest BCUT2D eigenvalue weighted by molar-refractivity contribution is 5.78. The van der Waals surface area contributed by atoms with E-state index in [9.17, 15) is 9.59 Å². The first-order valence-electron chi connectivity index (χ1n) is 8.31. The fourth-order valence-electron chi connectivity index (χ4n) is 3.42. The van der Waals surface area contributed by atoms with Crippen LogP contribution in [0.1, 0.15) is 45.4 Å². The first-order valence-corrected chi connectivity index (χ1v) is 8.31. The summed E-state index contributed by atoms with van der Waals surface area (Å²) in [5, 5.41) is 0. The van der Waals surface area contributed by atoms with E-state index in [0.29, 0.717) is 19.0 Å². The molecule has 5 nitrogen and oxygen atoms in total. The standard InChI is InChI=1S/C16H29N3O2/c1-14(20)19(15-6-4-3-5-7-15)9-8-16(21)18-12-10-17(2)11-13-18/h15H,3-13H2,1-2H3. The van der Waals surface area contributed by atoms with E-state index in [-0.39, 0.29) is 11.8 Å². The quantitative estimate of drug-likeness (QED) is 0.786. The number of hydrogen-bond acceptors (Lipinski definition) is 3. The van der Waals surface area contributed by atoms with Gasteiger partial charge in [-0.2, -0.15) is 0 Å². The zero-order chi connectivity index (χ0) is 15.2. The second-order valence-electron chi connectivity index (χ2n) is 6.44. The number of amides is 2. The van der Waals surface area contributed by atoms with Gasteiger partial charge < -0.3 is 14.7 Å². The van der Waals surface area contributed by atoms with Crippen LogP contribution in [0.3, 0.4) is 0 Å². The lowest BCUT2D eigenvalue weighted by Gasteiger charge is -2.35. The highest BCUT2D eigenvalue weighted by atomic mass is 16.2. The SMILES string of the molecule is CC(=O)N(CCC(=O)N1CCN(C)CC1)C1CCCCC1. The predicted octanol–water partition coefficient (Wildman–Crippen LogP) is 1.33. The van der Waals surface area contributed by atoms with Crippen molar-refractivity contribution in [1.29, 1.82) is 0 Å². The topological polar surface area (TPSA) is 43.9 Å². The van der Waals surface area contributed by atoms with Gasteiger partial charge in [-0.25, -0.2) is 0 Å². The van der Waals surface area contributed by atoms with Crippen molar-refractivity contribution in [2.75, 3.05) is 39.8 Å². The Morgan fingerprint density at radius 1 is 1.05 bits per heavy atom. The molecule has 1 aliphatic carbocycles. The molecule has 0 aromatic carbocycles. The maximum Gasteiger partial charge on any atom is 0.224 e. The summed E-state index contributed by atoms with van der Waals surface area (Å²) in [5.74, 6) is 0.318. The molecule has 2 fully saturated rings. The van der Waals surface area contributed by atoms with E-state index in [1.165, 1.54) is 19.3 Å². The van der Waals surface area contributed by atoms with Gasteiger partial charge in [-0.3, -0.25) is 9.59 Å². The van der Waals surface area contributed by atoms with Gasteiger partial charge in [0.2, 0.25) is 11.8 Å². The molecule has 0 radical (unpaired) electrons. The fourth-order valence-corrected chi connectivity index (χ4v) is 3.42. The van der Waals surface area contributed by atoms with Crippen LogP contribution in [0.5, 0.6) is 0 Å². The molecule has 0 atom stereocenters. The van der Waals surface area contributed by atoms with E-state index in [1.807, 2.05) is 9.80 Å². The smallest absolute Gasteiger partial charge is 0.224 e. The Labute approximate surface area is 128 Å². The van der Waals surface area contributed by atoms with Crippen LogP contribution in [0.4, 0.5) is 0 Å². The van der Waals surface area contributed by atoms with Gasteiger partial charge in [-0.1, -0.05) is 19.3 Å². The predicted molar refractivity (Wildman–Crippen MR) is 83.0 cm³/mol. The van der Waals surface area contributed by atoms with E-state index in [1.54, 1.807) is 6.92 Å². The molecule has 1 heterocycles. The summed E-state index contributed by atoms with van der Waals surface area (Å²) in [6.07, 6.45) is 6.37. The Balaban J connectivity index is 1.80. The number of piperazine rings is 1. The monoisotopic (exact) mass is 295 g/mol. The second-order valence-corrected chi connectivity index (χ2v) is 6.44. The minimum atomic E-state index is 0.119. The van der Waals surface area contributed by atoms with Crippen LogP contribution in [-0.4, -0.2) is 72.3 Å². The van der Waals surface area contributed by atoms with Gasteiger partial charge in [0.15, 0.2) is 0 Å². The van der Waals surface area contributed by atoms with Gasteiger partial charge in [0.25, 0.3) is 0 Å². The third-order valence-electron chi connectivity index (χ3n) is 4.84. The average Bonchev–Trinajstić information content (AvgIpc) is 2.48. The summed E-state index contributed by atoms with van der Waals surface area (Å²) in [7, 11) is 2.09. The molecule has 21 heavy (non-hydrogen) atoms. The molecule has 0 spiro atoms. The first kappa shape index (κ1) is 16.3. The van der Waals surface area contributed by atoms with Crippen LogP contribution in [0.15, 0.2) is 0 Å². The lowest BCUT2D eigenvalue weighted by atomic mass is 9.94. The maximum atomic E-state index is 12.3. The molecule has 2 rings (SSSR count). The Kier molecular flexibility index (Phi) is 6.03. The number of hydrogen-bond donors (Lipinski definition) is 0. The van der Waals surface area contributed by atoms with Crippen molar-refractivity contribution in [1.82, 2.24) is 14.7 Å². The van der Waals surface area contributed by atoms with Gasteiger partial charge in [0.1, 0.15) is 0 Å². The van der Waals surface area contributed by atoms with Gasteiger partial charge in [0.05, 0.1) is 0 Å². The molecular weight excluding hydrogens is 266 g/mol. The Morgan fingerprint density at radius 3 is 2.24 bits per heavy atom. The largest absolute Gasteiger partial charge is 0.340 e. The van der Waals surface area contributed by atoms with E-state index in [0.717, 1.165) is 39.0 Å². The van der Waals surface area contributed by atoms with Crippen LogP contribution in [0.25, 0.3) is 0 Å². The van der Waals surface area contributed by atoms with E-state index in [2.05, 4.69) is 11.9 Å². The van der Waals surface area contributed by atoms with Crippen molar-refractivity contribution in [3.8, 4) is 0 Å². The van der Waals surface area contributed by atoms with Crippen LogP contribution in [0.2, 0.25) is 0 Å². The van der Waals surface area contributed by atoms with Crippen LogP contribution in [0, 0.1) is 0 Å². The Bertz CT molecular complexity index is 359. The Morgan fingerprint density at radius 2 is 1.67 bits per heavy atom. The van der Waals surface area contributed by atoms with Crippen molar-refractivity contribution in [3.63, 3.8) is 0 Å². The molecule has 120 valence electrons. The van der Waals surface area contributed by atoms with Gasteiger partial charge in [-0.15, -0.1) is 0 Å². The third-order valence-corrected chi connectivity index (χ3v) is 4.84. The third kappa shape index (κ3) is 4.70. The van der Waals surface area contributed by atoms with E-state index in [4.69, 9.17) is 0 Å². The summed E-state index contributed by atoms with van der Waals surface area (Å²) < 4.78 is 0. The molecule has 0 aromatic rings. The highest BCUT2D eigenvalue weighted by Gasteiger charge is 2.25. The summed E-state index contributed by atoms with van der Waals surface area (Å²) in [4.78, 5) is 30.3. The normalized spacial score (nSPS) is 21.3.